The molecule has 0 amide bonds. The van der Waals surface area contributed by atoms with Crippen LogP contribution in [-0.2, 0) is 12.8 Å². The van der Waals surface area contributed by atoms with Crippen molar-refractivity contribution in [1.29, 1.82) is 0 Å². The van der Waals surface area contributed by atoms with Gasteiger partial charge < -0.3 is 4.98 Å². The van der Waals surface area contributed by atoms with Gasteiger partial charge in [0.05, 0.1) is 5.69 Å². The average molecular weight is 244 g/mol. The van der Waals surface area contributed by atoms with Crippen LogP contribution in [0, 0.1) is 0 Å². The van der Waals surface area contributed by atoms with E-state index in [1.54, 1.807) is 4.57 Å². The predicted molar refractivity (Wildman–Crippen MR) is 74.4 cm³/mol. The van der Waals surface area contributed by atoms with E-state index >= 15 is 0 Å². The molecule has 1 N–H and O–H groups in total. The zero-order chi connectivity index (χ0) is 13.0. The van der Waals surface area contributed by atoms with Gasteiger partial charge in [-0.15, -0.1) is 0 Å². The van der Waals surface area contributed by atoms with Crippen molar-refractivity contribution in [3.05, 3.63) is 52.2 Å². The number of hydrogen-bond acceptors (Lipinski definition) is 1. The lowest BCUT2D eigenvalue weighted by Gasteiger charge is -2.06. The van der Waals surface area contributed by atoms with Crippen molar-refractivity contribution in [2.45, 2.75) is 39.5 Å². The fourth-order valence-corrected chi connectivity index (χ4v) is 2.16. The Hall–Kier alpha value is -1.77. The minimum Gasteiger partial charge on any atom is -0.310 e. The van der Waals surface area contributed by atoms with Crippen LogP contribution in [0.15, 0.2) is 35.3 Å². The fraction of sp³-hybridized carbons (Fsp3) is 0.400. The molecule has 0 bridgehead atoms. The Morgan fingerprint density at radius 3 is 2.72 bits per heavy atom. The maximum Gasteiger partial charge on any atom is 0.330 e. The van der Waals surface area contributed by atoms with Gasteiger partial charge in [0, 0.05) is 11.9 Å². The zero-order valence-corrected chi connectivity index (χ0v) is 11.1. The molecule has 0 aliphatic carbocycles. The molecule has 0 spiro atoms. The van der Waals surface area contributed by atoms with Gasteiger partial charge >= 0.3 is 5.69 Å². The molecule has 0 aliphatic heterocycles. The molecule has 1 heterocycles. The first-order valence-corrected chi connectivity index (χ1v) is 6.65. The summed E-state index contributed by atoms with van der Waals surface area (Å²) in [6, 6.07) is 8.05. The Morgan fingerprint density at radius 1 is 1.22 bits per heavy atom. The fourth-order valence-electron chi connectivity index (χ4n) is 2.16. The average Bonchev–Trinajstić information content (AvgIpc) is 2.77. The highest BCUT2D eigenvalue weighted by atomic mass is 16.1. The minimum atomic E-state index is -0.0398. The molecule has 2 rings (SSSR count). The molecule has 96 valence electrons. The molecule has 0 fully saturated rings. The third-order valence-corrected chi connectivity index (χ3v) is 3.20. The molecule has 1 aromatic carbocycles. The summed E-state index contributed by atoms with van der Waals surface area (Å²) in [5.74, 6) is 0. The van der Waals surface area contributed by atoms with Gasteiger partial charge in [0.15, 0.2) is 0 Å². The molecule has 0 saturated carbocycles. The van der Waals surface area contributed by atoms with E-state index in [1.807, 2.05) is 24.4 Å². The summed E-state index contributed by atoms with van der Waals surface area (Å²) in [5, 5.41) is 0. The number of benzene rings is 1. The second kappa shape index (κ2) is 5.71. The molecule has 1 aromatic heterocycles. The quantitative estimate of drug-likeness (QED) is 0.862. The third-order valence-electron chi connectivity index (χ3n) is 3.20. The number of nitrogens with zero attached hydrogens (tertiary/aromatic N) is 1. The SMILES string of the molecule is CCCCc1cn(-c2ccccc2CC)c(=O)[nH]1. The van der Waals surface area contributed by atoms with Crippen LogP contribution >= 0.6 is 0 Å². The maximum absolute atomic E-state index is 12.0. The molecule has 0 atom stereocenters. The van der Waals surface area contributed by atoms with Crippen LogP contribution in [0.25, 0.3) is 5.69 Å². The molecule has 18 heavy (non-hydrogen) atoms. The number of aromatic nitrogens is 2. The van der Waals surface area contributed by atoms with E-state index in [2.05, 4.69) is 24.9 Å². The van der Waals surface area contributed by atoms with Gasteiger partial charge in [-0.05, 0) is 30.9 Å². The zero-order valence-electron chi connectivity index (χ0n) is 11.1. The van der Waals surface area contributed by atoms with Crippen LogP contribution in [0.5, 0.6) is 0 Å². The minimum absolute atomic E-state index is 0.0398. The van der Waals surface area contributed by atoms with Crippen LogP contribution in [0.2, 0.25) is 0 Å². The second-order valence-corrected chi connectivity index (χ2v) is 4.54. The standard InChI is InChI=1S/C15H20N2O/c1-3-5-9-13-11-17(15(18)16-13)14-10-7-6-8-12(14)4-2/h6-8,10-11H,3-5,9H2,1-2H3,(H,16,18). The van der Waals surface area contributed by atoms with Crippen molar-refractivity contribution in [2.24, 2.45) is 0 Å². The molecule has 0 radical (unpaired) electrons. The van der Waals surface area contributed by atoms with E-state index in [1.165, 1.54) is 5.56 Å². The Balaban J connectivity index is 2.38. The lowest BCUT2D eigenvalue weighted by atomic mass is 10.1. The summed E-state index contributed by atoms with van der Waals surface area (Å²) in [4.78, 5) is 14.9. The number of unbranched alkanes of at least 4 members (excludes halogenated alkanes) is 1. The van der Waals surface area contributed by atoms with Crippen molar-refractivity contribution >= 4 is 0 Å². The van der Waals surface area contributed by atoms with Crippen molar-refractivity contribution in [2.75, 3.05) is 0 Å². The number of aromatic amines is 1. The number of H-pyrrole nitrogens is 1. The number of para-hydroxylation sites is 1. The van der Waals surface area contributed by atoms with E-state index in [4.69, 9.17) is 0 Å². The van der Waals surface area contributed by atoms with Crippen LogP contribution in [0.1, 0.15) is 37.9 Å². The summed E-state index contributed by atoms with van der Waals surface area (Å²) >= 11 is 0. The summed E-state index contributed by atoms with van der Waals surface area (Å²) in [6.07, 6.45) is 6.05. The Bertz CT molecular complexity index is 566. The first-order valence-electron chi connectivity index (χ1n) is 6.65. The van der Waals surface area contributed by atoms with E-state index in [0.29, 0.717) is 0 Å². The second-order valence-electron chi connectivity index (χ2n) is 4.54. The molecule has 3 nitrogen and oxygen atoms in total. The van der Waals surface area contributed by atoms with E-state index in [0.717, 1.165) is 37.1 Å². The Labute approximate surface area is 107 Å². The van der Waals surface area contributed by atoms with Crippen LogP contribution in [-0.4, -0.2) is 9.55 Å². The largest absolute Gasteiger partial charge is 0.330 e. The van der Waals surface area contributed by atoms with Gasteiger partial charge in [-0.2, -0.15) is 0 Å². The van der Waals surface area contributed by atoms with Crippen molar-refractivity contribution < 1.29 is 0 Å². The number of nitrogens with one attached hydrogen (secondary N) is 1. The molecular formula is C15H20N2O. The van der Waals surface area contributed by atoms with Gasteiger partial charge in [0.2, 0.25) is 0 Å². The van der Waals surface area contributed by atoms with Gasteiger partial charge in [0.25, 0.3) is 0 Å². The first kappa shape index (κ1) is 12.7. The maximum atomic E-state index is 12.0. The van der Waals surface area contributed by atoms with Gasteiger partial charge in [-0.3, -0.25) is 4.57 Å². The topological polar surface area (TPSA) is 37.8 Å². The highest BCUT2D eigenvalue weighted by molar-refractivity contribution is 5.41. The van der Waals surface area contributed by atoms with E-state index in [-0.39, 0.29) is 5.69 Å². The third kappa shape index (κ3) is 2.55. The summed E-state index contributed by atoms with van der Waals surface area (Å²) in [7, 11) is 0. The van der Waals surface area contributed by atoms with Crippen LogP contribution in [0.4, 0.5) is 0 Å². The molecule has 3 heteroatoms. The van der Waals surface area contributed by atoms with Crippen molar-refractivity contribution in [3.8, 4) is 5.69 Å². The van der Waals surface area contributed by atoms with Crippen molar-refractivity contribution in [1.82, 2.24) is 9.55 Å². The van der Waals surface area contributed by atoms with Crippen LogP contribution in [0.3, 0.4) is 0 Å². The molecule has 2 aromatic rings. The summed E-state index contributed by atoms with van der Waals surface area (Å²) < 4.78 is 1.73. The normalized spacial score (nSPS) is 10.8. The highest BCUT2D eigenvalue weighted by Crippen LogP contribution is 2.14. The summed E-state index contributed by atoms with van der Waals surface area (Å²) in [5.41, 5.74) is 3.17. The molecule has 0 aliphatic rings. The number of hydrogen-bond donors (Lipinski definition) is 1. The van der Waals surface area contributed by atoms with Gasteiger partial charge in [0.1, 0.15) is 0 Å². The van der Waals surface area contributed by atoms with Gasteiger partial charge in [-0.1, -0.05) is 38.5 Å². The predicted octanol–water partition coefficient (Wildman–Crippen LogP) is 3.07. The van der Waals surface area contributed by atoms with Crippen molar-refractivity contribution in [3.63, 3.8) is 0 Å². The number of aryl methyl sites for hydroxylation is 2. The monoisotopic (exact) mass is 244 g/mol. The smallest absolute Gasteiger partial charge is 0.310 e. The molecule has 0 saturated heterocycles. The van der Waals surface area contributed by atoms with Crippen LogP contribution < -0.4 is 5.69 Å². The first-order chi connectivity index (χ1) is 8.76. The Kier molecular flexibility index (Phi) is 4.03. The highest BCUT2D eigenvalue weighted by Gasteiger charge is 2.07. The number of rotatable bonds is 5. The molecule has 0 unspecified atom stereocenters. The number of imidazole rings is 1. The van der Waals surface area contributed by atoms with Gasteiger partial charge in [-0.25, -0.2) is 4.79 Å². The lowest BCUT2D eigenvalue weighted by Crippen LogP contribution is -2.15. The Morgan fingerprint density at radius 2 is 2.00 bits per heavy atom. The molecular weight excluding hydrogens is 224 g/mol. The summed E-state index contributed by atoms with van der Waals surface area (Å²) in [6.45, 7) is 4.26. The van der Waals surface area contributed by atoms with E-state index in [9.17, 15) is 4.79 Å². The van der Waals surface area contributed by atoms with E-state index < -0.39 is 0 Å². The lowest BCUT2D eigenvalue weighted by molar-refractivity contribution is 0.779.